The fourth-order valence-corrected chi connectivity index (χ4v) is 3.45. The van der Waals surface area contributed by atoms with Crippen molar-refractivity contribution in [3.63, 3.8) is 0 Å². The smallest absolute Gasteiger partial charge is 0.344 e. The van der Waals surface area contributed by atoms with Crippen LogP contribution in [-0.4, -0.2) is 35.4 Å². The summed E-state index contributed by atoms with van der Waals surface area (Å²) in [5.41, 5.74) is 1.06. The standard InChI is InChI=1S/C20H17NO5S/c1-25-14-8-9-15(22)12(10-14)11-16-18(23)17(20(24)26-2)19(27-16)21-13-6-4-3-5-7-13/h3-11,22-23H,1-2H3. The van der Waals surface area contributed by atoms with Crippen molar-refractivity contribution >= 4 is 34.5 Å². The predicted octanol–water partition coefficient (Wildman–Crippen LogP) is 4.20. The van der Waals surface area contributed by atoms with Crippen molar-refractivity contribution in [2.24, 2.45) is 4.99 Å². The van der Waals surface area contributed by atoms with E-state index in [0.29, 0.717) is 26.9 Å². The highest BCUT2D eigenvalue weighted by Crippen LogP contribution is 2.41. The number of aliphatic hydroxyl groups excluding tert-OH is 1. The van der Waals surface area contributed by atoms with Gasteiger partial charge < -0.3 is 19.7 Å². The Balaban J connectivity index is 2.07. The maximum absolute atomic E-state index is 12.2. The van der Waals surface area contributed by atoms with E-state index in [1.54, 1.807) is 30.3 Å². The van der Waals surface area contributed by atoms with E-state index < -0.39 is 5.97 Å². The van der Waals surface area contributed by atoms with Crippen LogP contribution in [0.1, 0.15) is 5.56 Å². The van der Waals surface area contributed by atoms with Crippen molar-refractivity contribution in [3.05, 3.63) is 70.3 Å². The lowest BCUT2D eigenvalue weighted by molar-refractivity contribution is -0.135. The Hall–Kier alpha value is -3.19. The number of para-hydroxylation sites is 1. The Morgan fingerprint density at radius 3 is 2.52 bits per heavy atom. The third kappa shape index (κ3) is 3.98. The number of carbonyl (C=O) groups is 1. The van der Waals surface area contributed by atoms with E-state index in [4.69, 9.17) is 9.47 Å². The third-order valence-electron chi connectivity index (χ3n) is 3.79. The van der Waals surface area contributed by atoms with Gasteiger partial charge in [0, 0.05) is 5.56 Å². The number of nitrogens with zero attached hydrogens (tertiary/aromatic N) is 1. The Morgan fingerprint density at radius 1 is 1.11 bits per heavy atom. The lowest BCUT2D eigenvalue weighted by Gasteiger charge is -2.04. The van der Waals surface area contributed by atoms with E-state index >= 15 is 0 Å². The molecular formula is C20H17NO5S. The van der Waals surface area contributed by atoms with Gasteiger partial charge in [-0.3, -0.25) is 0 Å². The minimum atomic E-state index is -0.687. The molecule has 0 aromatic heterocycles. The molecule has 2 aromatic carbocycles. The van der Waals surface area contributed by atoms with Gasteiger partial charge in [0.25, 0.3) is 0 Å². The molecule has 3 rings (SSSR count). The molecule has 0 bridgehead atoms. The highest BCUT2D eigenvalue weighted by Gasteiger charge is 2.33. The van der Waals surface area contributed by atoms with E-state index in [1.807, 2.05) is 18.2 Å². The Labute approximate surface area is 160 Å². The third-order valence-corrected chi connectivity index (χ3v) is 4.81. The number of thioether (sulfide) groups is 1. The SMILES string of the molecule is COC(=O)C1=C(O)C(=Cc2cc(OC)ccc2O)SC1=Nc1ccccc1. The highest BCUT2D eigenvalue weighted by molar-refractivity contribution is 8.18. The monoisotopic (exact) mass is 383 g/mol. The molecule has 0 atom stereocenters. The van der Waals surface area contributed by atoms with Crippen LogP contribution < -0.4 is 4.74 Å². The fraction of sp³-hybridized carbons (Fsp3) is 0.100. The molecule has 27 heavy (non-hydrogen) atoms. The summed E-state index contributed by atoms with van der Waals surface area (Å²) in [5.74, 6) is -0.362. The zero-order valence-corrected chi connectivity index (χ0v) is 15.5. The van der Waals surface area contributed by atoms with Crippen molar-refractivity contribution in [1.82, 2.24) is 0 Å². The first-order valence-electron chi connectivity index (χ1n) is 7.96. The Kier molecular flexibility index (Phi) is 5.52. The van der Waals surface area contributed by atoms with Gasteiger partial charge in [-0.1, -0.05) is 30.0 Å². The molecule has 0 saturated heterocycles. The topological polar surface area (TPSA) is 88.4 Å². The molecule has 0 radical (unpaired) electrons. The van der Waals surface area contributed by atoms with E-state index in [0.717, 1.165) is 11.8 Å². The van der Waals surface area contributed by atoms with Crippen molar-refractivity contribution in [1.29, 1.82) is 0 Å². The molecule has 0 fully saturated rings. The number of hydrogen-bond donors (Lipinski definition) is 2. The summed E-state index contributed by atoms with van der Waals surface area (Å²) in [6.07, 6.45) is 1.56. The Bertz CT molecular complexity index is 964. The number of ether oxygens (including phenoxy) is 2. The largest absolute Gasteiger partial charge is 0.507 e. The summed E-state index contributed by atoms with van der Waals surface area (Å²) in [4.78, 5) is 17.0. The summed E-state index contributed by atoms with van der Waals surface area (Å²) < 4.78 is 9.94. The molecule has 0 aliphatic carbocycles. The number of hydrogen-bond acceptors (Lipinski definition) is 7. The van der Waals surface area contributed by atoms with Gasteiger partial charge in [0.1, 0.15) is 27.9 Å². The number of carbonyl (C=O) groups excluding carboxylic acids is 1. The molecule has 1 aliphatic heterocycles. The van der Waals surface area contributed by atoms with Crippen molar-refractivity contribution in [3.8, 4) is 11.5 Å². The number of benzene rings is 2. The maximum Gasteiger partial charge on any atom is 0.344 e. The molecule has 2 N–H and O–H groups in total. The van der Waals surface area contributed by atoms with Crippen molar-refractivity contribution in [2.75, 3.05) is 14.2 Å². The number of aromatic hydroxyl groups is 1. The summed E-state index contributed by atoms with van der Waals surface area (Å²) in [6, 6.07) is 13.8. The second-order valence-corrected chi connectivity index (χ2v) is 6.53. The normalized spacial score (nSPS) is 16.8. The van der Waals surface area contributed by atoms with Crippen molar-refractivity contribution < 1.29 is 24.5 Å². The molecule has 7 heteroatoms. The quantitative estimate of drug-likeness (QED) is 0.769. The number of rotatable bonds is 4. The molecule has 6 nitrogen and oxygen atoms in total. The van der Waals surface area contributed by atoms with E-state index in [9.17, 15) is 15.0 Å². The number of phenolic OH excluding ortho intramolecular Hbond substituents is 1. The molecule has 2 aromatic rings. The zero-order valence-electron chi connectivity index (χ0n) is 14.7. The van der Waals surface area contributed by atoms with Crippen LogP contribution in [0.15, 0.2) is 69.8 Å². The van der Waals surface area contributed by atoms with E-state index in [1.165, 1.54) is 20.3 Å². The van der Waals surface area contributed by atoms with Crippen LogP contribution in [0.2, 0.25) is 0 Å². The van der Waals surface area contributed by atoms with Gasteiger partial charge in [-0.05, 0) is 36.4 Å². The lowest BCUT2D eigenvalue weighted by atomic mass is 10.1. The molecule has 0 spiro atoms. The number of aliphatic hydroxyl groups is 1. The number of methoxy groups -OCH3 is 2. The zero-order chi connectivity index (χ0) is 19.4. The maximum atomic E-state index is 12.2. The summed E-state index contributed by atoms with van der Waals surface area (Å²) in [7, 11) is 2.76. The van der Waals surface area contributed by atoms with Crippen LogP contribution in [0.25, 0.3) is 6.08 Å². The molecule has 1 aliphatic rings. The van der Waals surface area contributed by atoms with Gasteiger partial charge in [0.2, 0.25) is 0 Å². The first kappa shape index (κ1) is 18.6. The minimum absolute atomic E-state index is 0.0139. The van der Waals surface area contributed by atoms with Gasteiger partial charge in [-0.2, -0.15) is 0 Å². The van der Waals surface area contributed by atoms with Gasteiger partial charge in [-0.25, -0.2) is 9.79 Å². The van der Waals surface area contributed by atoms with Gasteiger partial charge in [-0.15, -0.1) is 0 Å². The summed E-state index contributed by atoms with van der Waals surface area (Å²) in [6.45, 7) is 0. The molecule has 1 heterocycles. The van der Waals surface area contributed by atoms with Crippen LogP contribution in [0.3, 0.4) is 0 Å². The van der Waals surface area contributed by atoms with Crippen molar-refractivity contribution in [2.45, 2.75) is 0 Å². The summed E-state index contributed by atoms with van der Waals surface area (Å²) >= 11 is 1.12. The van der Waals surface area contributed by atoms with Crippen LogP contribution in [0, 0.1) is 0 Å². The van der Waals surface area contributed by atoms with Gasteiger partial charge >= 0.3 is 5.97 Å². The number of phenols is 1. The average molecular weight is 383 g/mol. The van der Waals surface area contributed by atoms with Gasteiger partial charge in [0.15, 0.2) is 0 Å². The first-order valence-corrected chi connectivity index (χ1v) is 8.77. The van der Waals surface area contributed by atoms with E-state index in [2.05, 4.69) is 4.99 Å². The summed E-state index contributed by atoms with van der Waals surface area (Å²) in [5, 5.41) is 21.0. The van der Waals surface area contributed by atoms with Crippen LogP contribution in [0.5, 0.6) is 11.5 Å². The number of esters is 1. The first-order chi connectivity index (χ1) is 13.0. The predicted molar refractivity (Wildman–Crippen MR) is 105 cm³/mol. The molecule has 0 unspecified atom stereocenters. The molecule has 0 saturated carbocycles. The molecule has 138 valence electrons. The second-order valence-electron chi connectivity index (χ2n) is 5.50. The number of aliphatic imine (C=N–C) groups is 1. The fourth-order valence-electron chi connectivity index (χ4n) is 2.43. The average Bonchev–Trinajstić information content (AvgIpc) is 2.98. The van der Waals surface area contributed by atoms with E-state index in [-0.39, 0.29) is 17.1 Å². The minimum Gasteiger partial charge on any atom is -0.507 e. The van der Waals surface area contributed by atoms with Crippen LogP contribution in [-0.2, 0) is 9.53 Å². The lowest BCUT2D eigenvalue weighted by Crippen LogP contribution is -2.10. The highest BCUT2D eigenvalue weighted by atomic mass is 32.2. The van der Waals surface area contributed by atoms with Crippen LogP contribution >= 0.6 is 11.8 Å². The van der Waals surface area contributed by atoms with Gasteiger partial charge in [0.05, 0.1) is 24.8 Å². The molecular weight excluding hydrogens is 366 g/mol. The second kappa shape index (κ2) is 8.01. The Morgan fingerprint density at radius 2 is 1.85 bits per heavy atom. The van der Waals surface area contributed by atoms with Crippen LogP contribution in [0.4, 0.5) is 5.69 Å². The molecule has 0 amide bonds.